The number of amides is 1. The molecule has 1 spiro atoms. The summed E-state index contributed by atoms with van der Waals surface area (Å²) in [7, 11) is 4.10. The first-order valence-electron chi connectivity index (χ1n) is 12.7. The predicted octanol–water partition coefficient (Wildman–Crippen LogP) is 4.72. The van der Waals surface area contributed by atoms with Crippen LogP contribution >= 0.6 is 0 Å². The number of imidazole rings is 1. The Morgan fingerprint density at radius 2 is 1.97 bits per heavy atom. The van der Waals surface area contributed by atoms with Crippen molar-refractivity contribution in [2.45, 2.75) is 25.7 Å². The third-order valence-corrected chi connectivity index (χ3v) is 8.48. The third-order valence-electron chi connectivity index (χ3n) is 8.48. The number of rotatable bonds is 4. The maximum atomic E-state index is 12.0. The molecule has 1 aliphatic heterocycles. The fourth-order valence-corrected chi connectivity index (χ4v) is 6.59. The number of aryl methyl sites for hydroxylation is 2. The average Bonchev–Trinajstić information content (AvgIpc) is 3.55. The Labute approximate surface area is 214 Å². The van der Waals surface area contributed by atoms with Gasteiger partial charge in [-0.1, -0.05) is 18.7 Å². The monoisotopic (exact) mass is 491 g/mol. The van der Waals surface area contributed by atoms with Crippen LogP contribution in [0.15, 0.2) is 55.4 Å². The number of fused-ring (bicyclic) bond motifs is 2. The molecule has 2 fully saturated rings. The maximum absolute atomic E-state index is 12.0. The van der Waals surface area contributed by atoms with Gasteiger partial charge in [0.15, 0.2) is 0 Å². The van der Waals surface area contributed by atoms with Crippen molar-refractivity contribution in [2.75, 3.05) is 13.1 Å². The van der Waals surface area contributed by atoms with Gasteiger partial charge >= 0.3 is 0 Å². The molecule has 1 amide bonds. The molecule has 2 aliphatic rings. The van der Waals surface area contributed by atoms with E-state index in [1.165, 1.54) is 11.6 Å². The lowest BCUT2D eigenvalue weighted by atomic mass is 9.57. The van der Waals surface area contributed by atoms with Crippen molar-refractivity contribution in [2.24, 2.45) is 19.5 Å². The molecular weight excluding hydrogens is 462 g/mol. The Hall–Kier alpha value is -4.20. The lowest BCUT2D eigenvalue weighted by Gasteiger charge is -2.58. The molecule has 5 aromatic rings. The van der Waals surface area contributed by atoms with Gasteiger partial charge < -0.3 is 9.47 Å². The molecule has 1 saturated heterocycles. The van der Waals surface area contributed by atoms with E-state index in [1.807, 2.05) is 29.0 Å². The van der Waals surface area contributed by atoms with Crippen LogP contribution in [0.3, 0.4) is 0 Å². The summed E-state index contributed by atoms with van der Waals surface area (Å²) in [5.74, 6) is 1.50. The minimum Gasteiger partial charge on any atom is -0.338 e. The molecule has 7 rings (SSSR count). The second kappa shape index (κ2) is 7.65. The van der Waals surface area contributed by atoms with Crippen molar-refractivity contribution in [1.29, 1.82) is 0 Å². The number of hydrogen-bond acceptors (Lipinski definition) is 4. The first-order chi connectivity index (χ1) is 17.9. The van der Waals surface area contributed by atoms with Crippen LogP contribution in [0, 0.1) is 12.3 Å². The van der Waals surface area contributed by atoms with Gasteiger partial charge in [0, 0.05) is 60.4 Å². The lowest BCUT2D eigenvalue weighted by molar-refractivity contribution is -0.146. The van der Waals surface area contributed by atoms with E-state index in [1.54, 1.807) is 0 Å². The number of benzene rings is 2. The van der Waals surface area contributed by atoms with Crippen LogP contribution in [0.5, 0.6) is 0 Å². The van der Waals surface area contributed by atoms with Crippen molar-refractivity contribution >= 4 is 27.7 Å². The highest BCUT2D eigenvalue weighted by atomic mass is 16.2. The van der Waals surface area contributed by atoms with Crippen LogP contribution in [-0.4, -0.2) is 53.4 Å². The summed E-state index contributed by atoms with van der Waals surface area (Å²) < 4.78 is 4.19. The maximum Gasteiger partial charge on any atom is 0.245 e. The summed E-state index contributed by atoms with van der Waals surface area (Å²) in [6.45, 7) is 7.43. The van der Waals surface area contributed by atoms with E-state index in [0.29, 0.717) is 5.92 Å². The Bertz CT molecular complexity index is 1720. The van der Waals surface area contributed by atoms with Crippen molar-refractivity contribution < 1.29 is 4.79 Å². The van der Waals surface area contributed by atoms with Gasteiger partial charge in [-0.2, -0.15) is 10.2 Å². The molecule has 1 N–H and O–H groups in total. The van der Waals surface area contributed by atoms with Crippen molar-refractivity contribution in [3.05, 3.63) is 66.8 Å². The molecular formula is C29H29N7O. The number of carbonyl (C=O) groups is 1. The van der Waals surface area contributed by atoms with Gasteiger partial charge in [0.05, 0.1) is 34.8 Å². The van der Waals surface area contributed by atoms with E-state index in [0.717, 1.165) is 76.1 Å². The number of hydrogen-bond donors (Lipinski definition) is 1. The highest BCUT2D eigenvalue weighted by Gasteiger charge is 2.54. The molecule has 0 atom stereocenters. The molecule has 0 unspecified atom stereocenters. The molecule has 0 radical (unpaired) electrons. The third kappa shape index (κ3) is 3.14. The van der Waals surface area contributed by atoms with Crippen LogP contribution in [0.25, 0.3) is 44.3 Å². The summed E-state index contributed by atoms with van der Waals surface area (Å²) >= 11 is 0. The minimum absolute atomic E-state index is 0.0325. The highest BCUT2D eigenvalue weighted by molar-refractivity contribution is 5.99. The smallest absolute Gasteiger partial charge is 0.245 e. The molecule has 4 heterocycles. The number of carbonyl (C=O) groups excluding carboxylic acids is 1. The van der Waals surface area contributed by atoms with Gasteiger partial charge in [-0.15, -0.1) is 0 Å². The van der Waals surface area contributed by atoms with Gasteiger partial charge in [-0.05, 0) is 49.6 Å². The second-order valence-corrected chi connectivity index (χ2v) is 10.9. The van der Waals surface area contributed by atoms with Crippen LogP contribution in [0.4, 0.5) is 0 Å². The van der Waals surface area contributed by atoms with Crippen LogP contribution in [-0.2, 0) is 18.9 Å². The number of nitrogens with zero attached hydrogens (tertiary/aromatic N) is 6. The molecule has 2 aromatic carbocycles. The topological polar surface area (TPSA) is 84.6 Å². The Morgan fingerprint density at radius 3 is 2.76 bits per heavy atom. The Kier molecular flexibility index (Phi) is 4.55. The molecule has 37 heavy (non-hydrogen) atoms. The minimum atomic E-state index is 0.0325. The summed E-state index contributed by atoms with van der Waals surface area (Å²) in [5, 5.41) is 14.1. The summed E-state index contributed by atoms with van der Waals surface area (Å²) in [6.07, 6.45) is 7.34. The van der Waals surface area contributed by atoms with E-state index in [2.05, 4.69) is 70.7 Å². The molecule has 8 heteroatoms. The van der Waals surface area contributed by atoms with Gasteiger partial charge in [-0.3, -0.25) is 14.6 Å². The van der Waals surface area contributed by atoms with Gasteiger partial charge in [0.2, 0.25) is 5.91 Å². The van der Waals surface area contributed by atoms with E-state index >= 15 is 0 Å². The van der Waals surface area contributed by atoms with Crippen molar-refractivity contribution in [1.82, 2.24) is 34.4 Å². The molecule has 8 nitrogen and oxygen atoms in total. The molecule has 3 aromatic heterocycles. The second-order valence-electron chi connectivity index (χ2n) is 10.9. The largest absolute Gasteiger partial charge is 0.338 e. The predicted molar refractivity (Wildman–Crippen MR) is 144 cm³/mol. The molecule has 1 saturated carbocycles. The SMILES string of the molecule is C=CC(=O)N1CC2(CC(c3nc(-c4ccc5c(cnn5C)c4)c(-c4c(C)ccc5[nH]ncc45)n3C)C2)C1. The van der Waals surface area contributed by atoms with Gasteiger partial charge in [0.25, 0.3) is 0 Å². The van der Waals surface area contributed by atoms with Crippen molar-refractivity contribution in [3.63, 3.8) is 0 Å². The van der Waals surface area contributed by atoms with E-state index in [9.17, 15) is 4.79 Å². The number of H-pyrrole nitrogens is 1. The summed E-state index contributed by atoms with van der Waals surface area (Å²) in [5.41, 5.74) is 7.87. The standard InChI is InChI=1S/C29H29N7O/c1-5-24(37)36-15-29(16-36)11-20(12-29)28-32-26(18-7-9-23-19(10-18)13-31-35(23)4)27(34(28)3)25-17(2)6-8-22-21(25)14-30-33-22/h5-10,13-14,20H,1,11-12,15-16H2,2-4H3,(H,30,33). The number of nitrogens with one attached hydrogen (secondary N) is 1. The zero-order valence-electron chi connectivity index (χ0n) is 21.3. The number of aromatic nitrogens is 6. The fraction of sp³-hybridized carbons (Fsp3) is 0.310. The normalized spacial score (nSPS) is 16.9. The summed E-state index contributed by atoms with van der Waals surface area (Å²) in [6, 6.07) is 10.7. The van der Waals surface area contributed by atoms with Crippen LogP contribution < -0.4 is 0 Å². The zero-order chi connectivity index (χ0) is 25.5. The van der Waals surface area contributed by atoms with Gasteiger partial charge in [-0.25, -0.2) is 4.98 Å². The Balaban J connectivity index is 1.34. The highest BCUT2D eigenvalue weighted by Crippen LogP contribution is 2.56. The van der Waals surface area contributed by atoms with E-state index < -0.39 is 0 Å². The first-order valence-corrected chi connectivity index (χ1v) is 12.7. The van der Waals surface area contributed by atoms with Gasteiger partial charge in [0.1, 0.15) is 5.82 Å². The van der Waals surface area contributed by atoms with Crippen LogP contribution in [0.1, 0.15) is 30.1 Å². The fourth-order valence-electron chi connectivity index (χ4n) is 6.59. The first kappa shape index (κ1) is 22.0. The van der Waals surface area contributed by atoms with E-state index in [4.69, 9.17) is 4.98 Å². The summed E-state index contributed by atoms with van der Waals surface area (Å²) in [4.78, 5) is 19.2. The zero-order valence-corrected chi connectivity index (χ0v) is 21.3. The quantitative estimate of drug-likeness (QED) is 0.369. The molecule has 1 aliphatic carbocycles. The lowest BCUT2D eigenvalue weighted by Crippen LogP contribution is -2.63. The number of aromatic amines is 1. The van der Waals surface area contributed by atoms with Crippen molar-refractivity contribution in [3.8, 4) is 22.5 Å². The van der Waals surface area contributed by atoms with Crippen LogP contribution in [0.2, 0.25) is 0 Å². The molecule has 0 bridgehead atoms. The Morgan fingerprint density at radius 1 is 1.16 bits per heavy atom. The van der Waals surface area contributed by atoms with E-state index in [-0.39, 0.29) is 11.3 Å². The molecule has 186 valence electrons. The number of likely N-dealkylation sites (tertiary alicyclic amines) is 1. The average molecular weight is 492 g/mol.